The molecular weight excluding hydrogens is 266 g/mol. The first-order valence-electron chi connectivity index (χ1n) is 5.31. The summed E-state index contributed by atoms with van der Waals surface area (Å²) >= 11 is 5.83. The molecule has 5 heteroatoms. The summed E-state index contributed by atoms with van der Waals surface area (Å²) in [6.07, 6.45) is 0. The Morgan fingerprint density at radius 1 is 1.26 bits per heavy atom. The van der Waals surface area contributed by atoms with Crippen LogP contribution in [0.25, 0.3) is 0 Å². The molecule has 0 saturated carbocycles. The number of rotatable bonds is 3. The summed E-state index contributed by atoms with van der Waals surface area (Å²) in [5.41, 5.74) is 0.190. The highest BCUT2D eigenvalue weighted by atomic mass is 35.5. The third-order valence-electron chi connectivity index (χ3n) is 2.37. The predicted molar refractivity (Wildman–Crippen MR) is 69.6 cm³/mol. The molecule has 94 valence electrons. The minimum atomic E-state index is -1.09. The fourth-order valence-corrected chi connectivity index (χ4v) is 1.68. The first kappa shape index (κ1) is 12.9. The Morgan fingerprint density at radius 2 is 2.05 bits per heavy atom. The van der Waals surface area contributed by atoms with Gasteiger partial charge < -0.3 is 9.84 Å². The summed E-state index contributed by atoms with van der Waals surface area (Å²) < 4.78 is 5.52. The fourth-order valence-electron chi connectivity index (χ4n) is 1.50. The van der Waals surface area contributed by atoms with E-state index in [2.05, 4.69) is 0 Å². The van der Waals surface area contributed by atoms with Crippen LogP contribution in [0.15, 0.2) is 42.5 Å². The predicted octanol–water partition coefficient (Wildman–Crippen LogP) is 3.70. The van der Waals surface area contributed by atoms with Gasteiger partial charge in [-0.1, -0.05) is 17.7 Å². The molecule has 2 aromatic carbocycles. The SMILES string of the molecule is N#Cc1cc(C(=O)O)ccc1Oc1cccc(Cl)c1. The van der Waals surface area contributed by atoms with E-state index < -0.39 is 5.97 Å². The molecule has 0 aromatic heterocycles. The molecule has 0 aliphatic heterocycles. The normalized spacial score (nSPS) is 9.68. The monoisotopic (exact) mass is 273 g/mol. The number of ether oxygens (including phenoxy) is 1. The Bertz CT molecular complexity index is 677. The molecule has 0 radical (unpaired) electrons. The molecule has 0 spiro atoms. The lowest BCUT2D eigenvalue weighted by Gasteiger charge is -2.08. The second-order valence-electron chi connectivity index (χ2n) is 3.69. The molecule has 0 heterocycles. The highest BCUT2D eigenvalue weighted by molar-refractivity contribution is 6.30. The van der Waals surface area contributed by atoms with E-state index in [4.69, 9.17) is 26.7 Å². The Balaban J connectivity index is 2.36. The van der Waals surface area contributed by atoms with Crippen molar-refractivity contribution in [1.82, 2.24) is 0 Å². The average molecular weight is 274 g/mol. The summed E-state index contributed by atoms with van der Waals surface area (Å²) in [5.74, 6) is -0.326. The number of aromatic carboxylic acids is 1. The summed E-state index contributed by atoms with van der Waals surface area (Å²) in [6, 6.07) is 12.7. The van der Waals surface area contributed by atoms with Crippen LogP contribution >= 0.6 is 11.6 Å². The van der Waals surface area contributed by atoms with Crippen molar-refractivity contribution in [2.24, 2.45) is 0 Å². The minimum absolute atomic E-state index is 0.0370. The maximum atomic E-state index is 10.8. The highest BCUT2D eigenvalue weighted by Gasteiger charge is 2.10. The van der Waals surface area contributed by atoms with Crippen LogP contribution in [0.4, 0.5) is 0 Å². The van der Waals surface area contributed by atoms with Gasteiger partial charge in [0.15, 0.2) is 0 Å². The number of carboxylic acids is 1. The lowest BCUT2D eigenvalue weighted by molar-refractivity contribution is 0.0697. The second-order valence-corrected chi connectivity index (χ2v) is 4.12. The first-order valence-corrected chi connectivity index (χ1v) is 5.69. The van der Waals surface area contributed by atoms with E-state index >= 15 is 0 Å². The van der Waals surface area contributed by atoms with Crippen molar-refractivity contribution >= 4 is 17.6 Å². The van der Waals surface area contributed by atoms with Gasteiger partial charge in [-0.3, -0.25) is 0 Å². The second kappa shape index (κ2) is 5.42. The van der Waals surface area contributed by atoms with Crippen LogP contribution in [0.1, 0.15) is 15.9 Å². The zero-order valence-corrected chi connectivity index (χ0v) is 10.4. The molecule has 0 bridgehead atoms. The van der Waals surface area contributed by atoms with Gasteiger partial charge in [-0.15, -0.1) is 0 Å². The lowest BCUT2D eigenvalue weighted by Crippen LogP contribution is -1.98. The third-order valence-corrected chi connectivity index (χ3v) is 2.61. The van der Waals surface area contributed by atoms with Crippen molar-refractivity contribution < 1.29 is 14.6 Å². The van der Waals surface area contributed by atoms with Crippen LogP contribution in [0.3, 0.4) is 0 Å². The quantitative estimate of drug-likeness (QED) is 0.925. The maximum Gasteiger partial charge on any atom is 0.335 e. The molecule has 0 saturated heterocycles. The summed E-state index contributed by atoms with van der Waals surface area (Å²) in [4.78, 5) is 10.8. The Kier molecular flexibility index (Phi) is 3.69. The van der Waals surface area contributed by atoms with Crippen LogP contribution in [-0.4, -0.2) is 11.1 Å². The van der Waals surface area contributed by atoms with Crippen molar-refractivity contribution in [3.8, 4) is 17.6 Å². The number of carbonyl (C=O) groups is 1. The van der Waals surface area contributed by atoms with Crippen molar-refractivity contribution in [3.05, 3.63) is 58.6 Å². The van der Waals surface area contributed by atoms with Gasteiger partial charge in [0.1, 0.15) is 17.6 Å². The van der Waals surface area contributed by atoms with Gasteiger partial charge in [-0.05, 0) is 36.4 Å². The molecule has 2 rings (SSSR count). The first-order chi connectivity index (χ1) is 9.10. The van der Waals surface area contributed by atoms with Crippen molar-refractivity contribution in [1.29, 1.82) is 5.26 Å². The largest absolute Gasteiger partial charge is 0.478 e. The van der Waals surface area contributed by atoms with Crippen LogP contribution in [0.5, 0.6) is 11.5 Å². The molecule has 19 heavy (non-hydrogen) atoms. The highest BCUT2D eigenvalue weighted by Crippen LogP contribution is 2.27. The van der Waals surface area contributed by atoms with Crippen molar-refractivity contribution in [2.75, 3.05) is 0 Å². The van der Waals surface area contributed by atoms with Gasteiger partial charge in [0, 0.05) is 5.02 Å². The Labute approximate surface area is 114 Å². The van der Waals surface area contributed by atoms with E-state index in [0.29, 0.717) is 10.8 Å². The lowest BCUT2D eigenvalue weighted by atomic mass is 10.1. The summed E-state index contributed by atoms with van der Waals surface area (Å²) in [5, 5.41) is 18.4. The van der Waals surface area contributed by atoms with E-state index in [0.717, 1.165) is 0 Å². The van der Waals surface area contributed by atoms with Gasteiger partial charge in [0.05, 0.1) is 11.1 Å². The topological polar surface area (TPSA) is 70.3 Å². The molecule has 0 unspecified atom stereocenters. The molecular formula is C14H8ClNO3. The Morgan fingerprint density at radius 3 is 2.68 bits per heavy atom. The number of carboxylic acid groups (broad SMARTS) is 1. The zero-order chi connectivity index (χ0) is 13.8. The van der Waals surface area contributed by atoms with Crippen LogP contribution in [0, 0.1) is 11.3 Å². The van der Waals surface area contributed by atoms with Crippen molar-refractivity contribution in [2.45, 2.75) is 0 Å². The van der Waals surface area contributed by atoms with E-state index in [-0.39, 0.29) is 16.9 Å². The number of nitriles is 1. The van der Waals surface area contributed by atoms with E-state index in [1.54, 1.807) is 24.3 Å². The number of benzene rings is 2. The van der Waals surface area contributed by atoms with Crippen LogP contribution < -0.4 is 4.74 Å². The molecule has 0 fully saturated rings. The van der Waals surface area contributed by atoms with E-state index in [1.807, 2.05) is 6.07 Å². The Hall–Kier alpha value is -2.51. The molecule has 0 aliphatic rings. The fraction of sp³-hybridized carbons (Fsp3) is 0. The molecule has 4 nitrogen and oxygen atoms in total. The molecule has 2 aromatic rings. The average Bonchev–Trinajstić information content (AvgIpc) is 2.39. The van der Waals surface area contributed by atoms with E-state index in [1.165, 1.54) is 18.2 Å². The number of halogens is 1. The third kappa shape index (κ3) is 3.03. The van der Waals surface area contributed by atoms with Crippen LogP contribution in [0.2, 0.25) is 5.02 Å². The number of hydrogen-bond donors (Lipinski definition) is 1. The summed E-state index contributed by atoms with van der Waals surface area (Å²) in [7, 11) is 0. The van der Waals surface area contributed by atoms with Gasteiger partial charge in [-0.2, -0.15) is 5.26 Å². The molecule has 0 amide bonds. The molecule has 1 N–H and O–H groups in total. The summed E-state index contributed by atoms with van der Waals surface area (Å²) in [6.45, 7) is 0. The zero-order valence-electron chi connectivity index (χ0n) is 9.63. The van der Waals surface area contributed by atoms with E-state index in [9.17, 15) is 4.79 Å². The standard InChI is InChI=1S/C14H8ClNO3/c15-11-2-1-3-12(7-11)19-13-5-4-9(14(17)18)6-10(13)8-16/h1-7H,(H,17,18). The van der Waals surface area contributed by atoms with Crippen LogP contribution in [-0.2, 0) is 0 Å². The van der Waals surface area contributed by atoms with Crippen molar-refractivity contribution in [3.63, 3.8) is 0 Å². The van der Waals surface area contributed by atoms with Gasteiger partial charge in [0.25, 0.3) is 0 Å². The molecule has 0 atom stereocenters. The molecule has 0 aliphatic carbocycles. The van der Waals surface area contributed by atoms with Gasteiger partial charge in [-0.25, -0.2) is 4.79 Å². The number of nitrogens with zero attached hydrogens (tertiary/aromatic N) is 1. The van der Waals surface area contributed by atoms with Gasteiger partial charge >= 0.3 is 5.97 Å². The number of hydrogen-bond acceptors (Lipinski definition) is 3. The maximum absolute atomic E-state index is 10.8. The van der Waals surface area contributed by atoms with Gasteiger partial charge in [0.2, 0.25) is 0 Å². The minimum Gasteiger partial charge on any atom is -0.478 e. The smallest absolute Gasteiger partial charge is 0.335 e.